The molecular formula is C12H13NO3S. The first kappa shape index (κ1) is 12.0. The maximum absolute atomic E-state index is 11.4. The minimum atomic E-state index is -0.482. The van der Waals surface area contributed by atoms with Crippen LogP contribution in [0.15, 0.2) is 29.4 Å². The first-order valence-electron chi connectivity index (χ1n) is 5.25. The summed E-state index contributed by atoms with van der Waals surface area (Å²) in [6.07, 6.45) is 0.0238. The number of Topliss-reactive ketones (excluding diaryl/α,β-unsaturated/α-hetero) is 1. The van der Waals surface area contributed by atoms with Crippen molar-refractivity contribution in [3.8, 4) is 5.75 Å². The van der Waals surface area contributed by atoms with Gasteiger partial charge in [-0.15, -0.1) is 0 Å². The molecule has 1 aliphatic rings. The molecule has 0 spiro atoms. The Kier molecular flexibility index (Phi) is 3.68. The monoisotopic (exact) mass is 251 g/mol. The van der Waals surface area contributed by atoms with Crippen LogP contribution in [0.2, 0.25) is 0 Å². The molecule has 1 aromatic rings. The lowest BCUT2D eigenvalue weighted by Crippen LogP contribution is -2.22. The Bertz CT molecular complexity index is 442. The van der Waals surface area contributed by atoms with Gasteiger partial charge in [-0.25, -0.2) is 0 Å². The number of oxime groups is 1. The summed E-state index contributed by atoms with van der Waals surface area (Å²) in [6, 6.07) is 7.50. The number of nitrogens with zero attached hydrogens (tertiary/aromatic N) is 1. The van der Waals surface area contributed by atoms with E-state index in [-0.39, 0.29) is 11.5 Å². The third kappa shape index (κ3) is 2.61. The molecule has 0 radical (unpaired) electrons. The SMILES string of the molecule is COc1ccc(C2=NOC(C(=O)CS)C2)cc1. The van der Waals surface area contributed by atoms with Crippen molar-refractivity contribution in [1.82, 2.24) is 0 Å². The molecule has 0 N–H and O–H groups in total. The quantitative estimate of drug-likeness (QED) is 0.828. The van der Waals surface area contributed by atoms with Crippen LogP contribution in [0, 0.1) is 0 Å². The maximum Gasteiger partial charge on any atom is 0.191 e. The Morgan fingerprint density at radius 1 is 1.53 bits per heavy atom. The van der Waals surface area contributed by atoms with E-state index in [4.69, 9.17) is 9.57 Å². The van der Waals surface area contributed by atoms with E-state index in [1.807, 2.05) is 24.3 Å². The molecule has 0 aliphatic carbocycles. The van der Waals surface area contributed by atoms with Crippen LogP contribution in [-0.2, 0) is 9.63 Å². The molecule has 17 heavy (non-hydrogen) atoms. The van der Waals surface area contributed by atoms with Crippen LogP contribution in [0.4, 0.5) is 0 Å². The summed E-state index contributed by atoms with van der Waals surface area (Å²) >= 11 is 3.94. The van der Waals surface area contributed by atoms with E-state index in [2.05, 4.69) is 17.8 Å². The molecule has 0 saturated heterocycles. The van der Waals surface area contributed by atoms with Crippen molar-refractivity contribution in [2.45, 2.75) is 12.5 Å². The number of carbonyl (C=O) groups excluding carboxylic acids is 1. The van der Waals surface area contributed by atoms with Crippen molar-refractivity contribution in [3.05, 3.63) is 29.8 Å². The first-order chi connectivity index (χ1) is 8.24. The largest absolute Gasteiger partial charge is 0.497 e. The van der Waals surface area contributed by atoms with Gasteiger partial charge in [-0.3, -0.25) is 4.79 Å². The van der Waals surface area contributed by atoms with Crippen molar-refractivity contribution < 1.29 is 14.4 Å². The molecule has 0 fully saturated rings. The van der Waals surface area contributed by atoms with Gasteiger partial charge < -0.3 is 9.57 Å². The minimum absolute atomic E-state index is 0.0411. The Balaban J connectivity index is 2.07. The number of ether oxygens (including phenoxy) is 1. The number of hydrogen-bond donors (Lipinski definition) is 1. The number of carbonyl (C=O) groups is 1. The number of ketones is 1. The lowest BCUT2D eigenvalue weighted by molar-refractivity contribution is -0.126. The Labute approximate surface area is 105 Å². The molecule has 0 aromatic heterocycles. The molecule has 1 unspecified atom stereocenters. The van der Waals surface area contributed by atoms with E-state index in [0.29, 0.717) is 6.42 Å². The highest BCUT2D eigenvalue weighted by molar-refractivity contribution is 7.81. The zero-order chi connectivity index (χ0) is 12.3. The van der Waals surface area contributed by atoms with Gasteiger partial charge in [0, 0.05) is 6.42 Å². The van der Waals surface area contributed by atoms with Crippen LogP contribution >= 0.6 is 12.6 Å². The number of rotatable bonds is 4. The second-order valence-electron chi connectivity index (χ2n) is 3.69. The molecule has 1 aliphatic heterocycles. The van der Waals surface area contributed by atoms with E-state index >= 15 is 0 Å². The van der Waals surface area contributed by atoms with E-state index in [1.54, 1.807) is 7.11 Å². The highest BCUT2D eigenvalue weighted by atomic mass is 32.1. The van der Waals surface area contributed by atoms with E-state index in [9.17, 15) is 4.79 Å². The number of methoxy groups -OCH3 is 1. The van der Waals surface area contributed by atoms with Crippen LogP contribution in [0.5, 0.6) is 5.75 Å². The third-order valence-electron chi connectivity index (χ3n) is 2.61. The maximum atomic E-state index is 11.4. The molecule has 0 amide bonds. The van der Waals surface area contributed by atoms with Crippen LogP contribution in [-0.4, -0.2) is 30.5 Å². The number of thiol groups is 1. The highest BCUT2D eigenvalue weighted by Crippen LogP contribution is 2.19. The molecule has 90 valence electrons. The lowest BCUT2D eigenvalue weighted by atomic mass is 10.0. The van der Waals surface area contributed by atoms with Gasteiger partial charge in [-0.2, -0.15) is 12.6 Å². The van der Waals surface area contributed by atoms with Crippen molar-refractivity contribution in [2.24, 2.45) is 5.16 Å². The summed E-state index contributed by atoms with van der Waals surface area (Å²) in [5.41, 5.74) is 1.73. The van der Waals surface area contributed by atoms with Gasteiger partial charge in [0.15, 0.2) is 11.9 Å². The normalized spacial score (nSPS) is 18.5. The minimum Gasteiger partial charge on any atom is -0.497 e. The van der Waals surface area contributed by atoms with Gasteiger partial charge in [-0.05, 0) is 29.8 Å². The van der Waals surface area contributed by atoms with Gasteiger partial charge in [-0.1, -0.05) is 5.16 Å². The zero-order valence-corrected chi connectivity index (χ0v) is 10.3. The van der Waals surface area contributed by atoms with E-state index < -0.39 is 6.10 Å². The smallest absolute Gasteiger partial charge is 0.191 e. The Morgan fingerprint density at radius 3 is 2.82 bits per heavy atom. The molecule has 1 heterocycles. The summed E-state index contributed by atoms with van der Waals surface area (Å²) < 4.78 is 5.07. The summed E-state index contributed by atoms with van der Waals surface area (Å²) in [7, 11) is 1.62. The second kappa shape index (κ2) is 5.23. The van der Waals surface area contributed by atoms with Crippen molar-refractivity contribution in [3.63, 3.8) is 0 Å². The summed E-state index contributed by atoms with van der Waals surface area (Å²) in [4.78, 5) is 16.5. The summed E-state index contributed by atoms with van der Waals surface area (Å²) in [6.45, 7) is 0. The molecule has 0 saturated carbocycles. The fraction of sp³-hybridized carbons (Fsp3) is 0.333. The first-order valence-corrected chi connectivity index (χ1v) is 5.88. The predicted molar refractivity (Wildman–Crippen MR) is 67.9 cm³/mol. The molecular weight excluding hydrogens is 238 g/mol. The van der Waals surface area contributed by atoms with Gasteiger partial charge in [0.1, 0.15) is 5.75 Å². The van der Waals surface area contributed by atoms with Gasteiger partial charge in [0.2, 0.25) is 0 Å². The zero-order valence-electron chi connectivity index (χ0n) is 9.42. The lowest BCUT2D eigenvalue weighted by Gasteiger charge is -2.04. The highest BCUT2D eigenvalue weighted by Gasteiger charge is 2.27. The predicted octanol–water partition coefficient (Wildman–Crippen LogP) is 1.69. The topological polar surface area (TPSA) is 47.9 Å². The van der Waals surface area contributed by atoms with Crippen LogP contribution in [0.3, 0.4) is 0 Å². The van der Waals surface area contributed by atoms with Gasteiger partial charge in [0.05, 0.1) is 18.6 Å². The van der Waals surface area contributed by atoms with Crippen LogP contribution < -0.4 is 4.74 Å². The molecule has 2 rings (SSSR count). The van der Waals surface area contributed by atoms with Crippen LogP contribution in [0.1, 0.15) is 12.0 Å². The van der Waals surface area contributed by atoms with Crippen molar-refractivity contribution >= 4 is 24.1 Å². The van der Waals surface area contributed by atoms with E-state index in [1.165, 1.54) is 0 Å². The average molecular weight is 251 g/mol. The standard InChI is InChI=1S/C12H13NO3S/c1-15-9-4-2-8(3-5-9)10-6-12(16-13-10)11(14)7-17/h2-5,12,17H,6-7H2,1H3. The summed E-state index contributed by atoms with van der Waals surface area (Å²) in [5, 5.41) is 3.93. The average Bonchev–Trinajstić information content (AvgIpc) is 2.87. The third-order valence-corrected chi connectivity index (χ3v) is 2.92. The van der Waals surface area contributed by atoms with Crippen molar-refractivity contribution in [1.29, 1.82) is 0 Å². The summed E-state index contributed by atoms with van der Waals surface area (Å²) in [5.74, 6) is 0.924. The van der Waals surface area contributed by atoms with Crippen LogP contribution in [0.25, 0.3) is 0 Å². The van der Waals surface area contributed by atoms with Gasteiger partial charge in [0.25, 0.3) is 0 Å². The number of hydrogen-bond acceptors (Lipinski definition) is 5. The molecule has 5 heteroatoms. The fourth-order valence-corrected chi connectivity index (χ4v) is 1.81. The number of benzene rings is 1. The van der Waals surface area contributed by atoms with Crippen molar-refractivity contribution in [2.75, 3.05) is 12.9 Å². The molecule has 4 nitrogen and oxygen atoms in total. The fourth-order valence-electron chi connectivity index (χ4n) is 1.61. The Morgan fingerprint density at radius 2 is 2.24 bits per heavy atom. The van der Waals surface area contributed by atoms with Gasteiger partial charge >= 0.3 is 0 Å². The molecule has 0 bridgehead atoms. The molecule has 1 atom stereocenters. The molecule has 1 aromatic carbocycles. The Hall–Kier alpha value is -1.49. The second-order valence-corrected chi connectivity index (χ2v) is 4.01. The van der Waals surface area contributed by atoms with E-state index in [0.717, 1.165) is 17.0 Å².